The van der Waals surface area contributed by atoms with Crippen molar-refractivity contribution in [3.05, 3.63) is 58.7 Å². The van der Waals surface area contributed by atoms with Crippen molar-refractivity contribution in [2.24, 2.45) is 0 Å². The Bertz CT molecular complexity index is 1450. The minimum Gasteiger partial charge on any atom is -0.489 e. The summed E-state index contributed by atoms with van der Waals surface area (Å²) in [6.45, 7) is 18.8. The van der Waals surface area contributed by atoms with Crippen molar-refractivity contribution < 1.29 is 24.3 Å². The van der Waals surface area contributed by atoms with E-state index in [0.29, 0.717) is 46.8 Å². The van der Waals surface area contributed by atoms with Gasteiger partial charge in [0.25, 0.3) is 0 Å². The van der Waals surface area contributed by atoms with Crippen molar-refractivity contribution in [2.75, 3.05) is 17.7 Å². The van der Waals surface area contributed by atoms with E-state index in [1.165, 1.54) is 6.20 Å². The molecule has 0 spiro atoms. The highest BCUT2D eigenvalue weighted by Crippen LogP contribution is 2.39. The number of rotatable bonds is 18. The van der Waals surface area contributed by atoms with Gasteiger partial charge in [-0.05, 0) is 63.9 Å². The number of para-hydroxylation sites is 1. The Kier molecular flexibility index (Phi) is 21.5. The Morgan fingerprint density at radius 2 is 1.66 bits per heavy atom. The molecule has 3 rings (SSSR count). The molecule has 0 aliphatic carbocycles. The van der Waals surface area contributed by atoms with Gasteiger partial charge in [-0.3, -0.25) is 14.5 Å². The van der Waals surface area contributed by atoms with E-state index in [1.807, 2.05) is 78.8 Å². The molecule has 278 valence electrons. The van der Waals surface area contributed by atoms with Crippen LogP contribution in [0.5, 0.6) is 5.75 Å². The van der Waals surface area contributed by atoms with Crippen LogP contribution in [0.3, 0.4) is 0 Å². The number of carboxylic acid groups (broad SMARTS) is 1. The summed E-state index contributed by atoms with van der Waals surface area (Å²) in [4.78, 5) is 44.0. The molecule has 0 aliphatic rings. The third kappa shape index (κ3) is 14.9. The van der Waals surface area contributed by atoms with Crippen molar-refractivity contribution >= 4 is 60.5 Å². The van der Waals surface area contributed by atoms with Crippen molar-refractivity contribution in [2.45, 2.75) is 125 Å². The van der Waals surface area contributed by atoms with E-state index in [1.54, 1.807) is 6.07 Å². The lowest BCUT2D eigenvalue weighted by atomic mass is 10.0. The second-order valence-corrected chi connectivity index (χ2v) is 14.8. The first-order chi connectivity index (χ1) is 23.8. The third-order valence-corrected chi connectivity index (χ3v) is 9.50. The Balaban J connectivity index is 0.00000141. The zero-order valence-corrected chi connectivity index (χ0v) is 33.2. The van der Waals surface area contributed by atoms with Crippen LogP contribution >= 0.6 is 19.7 Å². The molecular formula is C38H59ClN5O5P. The van der Waals surface area contributed by atoms with Crippen LogP contribution in [0.15, 0.2) is 42.6 Å². The van der Waals surface area contributed by atoms with Gasteiger partial charge in [0, 0.05) is 41.2 Å². The van der Waals surface area contributed by atoms with Gasteiger partial charge >= 0.3 is 5.97 Å². The molecular weight excluding hydrogens is 673 g/mol. The lowest BCUT2D eigenvalue weighted by molar-refractivity contribution is -0.137. The maximum Gasteiger partial charge on any atom is 0.303 e. The number of aliphatic carboxylic acids is 1. The highest BCUT2D eigenvalue weighted by atomic mass is 35.5. The molecule has 1 unspecified atom stereocenters. The summed E-state index contributed by atoms with van der Waals surface area (Å²) in [6, 6.07) is 11.8. The number of hydrogen-bond donors (Lipinski definition) is 4. The topological polar surface area (TPSA) is 137 Å². The highest BCUT2D eigenvalue weighted by molar-refractivity contribution is 7.61. The third-order valence-electron chi connectivity index (χ3n) is 7.37. The molecule has 2 aromatic carbocycles. The van der Waals surface area contributed by atoms with Crippen LogP contribution in [0, 0.1) is 0 Å². The number of nitrogens with zero attached hydrogens (tertiary/aromatic N) is 3. The van der Waals surface area contributed by atoms with E-state index in [-0.39, 0.29) is 17.7 Å². The summed E-state index contributed by atoms with van der Waals surface area (Å²) in [5.74, 6) is 0.586. The van der Waals surface area contributed by atoms with E-state index in [9.17, 15) is 14.5 Å². The Morgan fingerprint density at radius 3 is 2.18 bits per heavy atom. The molecule has 0 saturated carbocycles. The number of halogens is 1. The second kappa shape index (κ2) is 24.0. The number of ether oxygens (including phenoxy) is 1. The quantitative estimate of drug-likeness (QED) is 0.0739. The second-order valence-electron chi connectivity index (χ2n) is 12.2. The molecule has 0 fully saturated rings. The average molecular weight is 732 g/mol. The predicted molar refractivity (Wildman–Crippen MR) is 211 cm³/mol. The smallest absolute Gasteiger partial charge is 0.303 e. The number of aldehydes is 1. The van der Waals surface area contributed by atoms with Gasteiger partial charge in [-0.25, -0.2) is 4.98 Å². The lowest BCUT2D eigenvalue weighted by Gasteiger charge is -2.28. The molecule has 1 heterocycles. The van der Waals surface area contributed by atoms with Crippen LogP contribution < -0.4 is 20.7 Å². The molecule has 0 radical (unpaired) electrons. The van der Waals surface area contributed by atoms with Crippen LogP contribution in [0.25, 0.3) is 0 Å². The fourth-order valence-corrected chi connectivity index (χ4v) is 6.33. The number of nitrogens with one attached hydrogen (secondary N) is 2. The average Bonchev–Trinajstić information content (AvgIpc) is 3.08. The fraction of sp³-hybridized carbons (Fsp3) is 0.526. The summed E-state index contributed by atoms with van der Waals surface area (Å²) in [5.41, 5.74) is 2.91. The first-order valence-corrected chi connectivity index (χ1v) is 19.4. The van der Waals surface area contributed by atoms with Crippen molar-refractivity contribution in [1.82, 2.24) is 14.9 Å². The summed E-state index contributed by atoms with van der Waals surface area (Å²) in [6.07, 6.45) is 7.79. The number of carbonyl (C=O) groups excluding carboxylic acids is 1. The molecule has 0 saturated heterocycles. The monoisotopic (exact) mass is 731 g/mol. The number of anilines is 4. The molecule has 10 nitrogen and oxygen atoms in total. The van der Waals surface area contributed by atoms with E-state index >= 15 is 0 Å². The molecule has 1 aromatic heterocycles. The van der Waals surface area contributed by atoms with Crippen molar-refractivity contribution in [1.29, 1.82) is 0 Å². The van der Waals surface area contributed by atoms with E-state index < -0.39 is 14.1 Å². The Hall–Kier alpha value is -3.30. The molecule has 0 aliphatic heterocycles. The number of carbonyl (C=O) groups is 2. The van der Waals surface area contributed by atoms with Gasteiger partial charge in [-0.15, -0.1) is 0 Å². The molecule has 50 heavy (non-hydrogen) atoms. The fourth-order valence-electron chi connectivity index (χ4n) is 5.02. The van der Waals surface area contributed by atoms with Gasteiger partial charge in [-0.2, -0.15) is 4.98 Å². The van der Waals surface area contributed by atoms with Crippen LogP contribution in [0.4, 0.5) is 23.1 Å². The van der Waals surface area contributed by atoms with E-state index in [0.717, 1.165) is 54.9 Å². The maximum absolute atomic E-state index is 12.2. The van der Waals surface area contributed by atoms with Crippen LogP contribution in [0.2, 0.25) is 5.02 Å². The number of aromatic nitrogens is 2. The largest absolute Gasteiger partial charge is 0.489 e. The Morgan fingerprint density at radius 1 is 1.02 bits per heavy atom. The minimum atomic E-state index is -1.36. The molecule has 3 aromatic rings. The van der Waals surface area contributed by atoms with Gasteiger partial charge in [-0.1, -0.05) is 91.1 Å². The summed E-state index contributed by atoms with van der Waals surface area (Å²) in [7, 11) is 0.757. The van der Waals surface area contributed by atoms with Crippen LogP contribution in [-0.4, -0.2) is 62.0 Å². The summed E-state index contributed by atoms with van der Waals surface area (Å²) < 4.78 is 6.19. The number of hydrogen-bond acceptors (Lipinski definition) is 9. The minimum absolute atomic E-state index is 0.0830. The lowest BCUT2D eigenvalue weighted by Crippen LogP contribution is -2.31. The van der Waals surface area contributed by atoms with Gasteiger partial charge in [0.15, 0.2) is 5.82 Å². The van der Waals surface area contributed by atoms with E-state index in [4.69, 9.17) is 21.4 Å². The summed E-state index contributed by atoms with van der Waals surface area (Å²) in [5, 5.41) is 15.6. The standard InChI is InChI=1S/C32H45ClN5O3P.C4H8O2.C2H6/c1-8-12-25(13-9-2)38(7)19-23-17-29(41-21(3)4)28(16-24(23)20-39)36-32-34-18-26(33)31(37-32)35-27-14-10-11-15-30(27)42(40)22(5)6;1-2-3-4(5)6;1-2/h10-11,14-18,20-22,25,40H,8-9,12-13,19H2,1-7H3,(H2,34,35,36,37);2-3H2,1H3,(H,5,6);1-2H3. The van der Waals surface area contributed by atoms with Crippen molar-refractivity contribution in [3.63, 3.8) is 0 Å². The number of carboxylic acids is 1. The molecule has 1 atom stereocenters. The van der Waals surface area contributed by atoms with Gasteiger partial charge in [0.2, 0.25) is 5.95 Å². The highest BCUT2D eigenvalue weighted by Gasteiger charge is 2.20. The SMILES string of the molecule is CC.CCCC(=O)O.CCCC(CCC)N(C)Cc1cc(OC(C)C)c(Nc2ncc(Cl)c(Nc3ccccc3P(O)C(C)C)n2)cc1C=O. The zero-order chi connectivity index (χ0) is 37.8. The normalized spacial score (nSPS) is 11.4. The van der Waals surface area contributed by atoms with Gasteiger partial charge < -0.3 is 25.4 Å². The molecule has 0 amide bonds. The number of benzene rings is 2. The Labute approximate surface area is 306 Å². The first-order valence-electron chi connectivity index (χ1n) is 17.7. The first kappa shape index (κ1) is 44.7. The predicted octanol–water partition coefficient (Wildman–Crippen LogP) is 9.94. The molecule has 0 bridgehead atoms. The van der Waals surface area contributed by atoms with E-state index in [2.05, 4.69) is 46.4 Å². The zero-order valence-electron chi connectivity index (χ0n) is 31.6. The van der Waals surface area contributed by atoms with Crippen molar-refractivity contribution in [3.8, 4) is 5.75 Å². The van der Waals surface area contributed by atoms with Gasteiger partial charge in [0.1, 0.15) is 17.1 Å². The molecule has 4 N–H and O–H groups in total. The van der Waals surface area contributed by atoms with Gasteiger partial charge in [0.05, 0.1) is 26.1 Å². The van der Waals surface area contributed by atoms with Crippen LogP contribution in [0.1, 0.15) is 117 Å². The van der Waals surface area contributed by atoms with Crippen LogP contribution in [-0.2, 0) is 11.3 Å². The summed E-state index contributed by atoms with van der Waals surface area (Å²) >= 11 is 6.48. The molecule has 12 heteroatoms. The maximum atomic E-state index is 12.2.